The number of hydrogen-bond acceptors (Lipinski definition) is 4. The number of fused-ring (bicyclic) bond motifs is 3. The van der Waals surface area contributed by atoms with Crippen molar-refractivity contribution in [1.29, 1.82) is 0 Å². The molecule has 2 aromatic heterocycles. The predicted octanol–water partition coefficient (Wildman–Crippen LogP) is 3.79. The van der Waals surface area contributed by atoms with Crippen molar-refractivity contribution in [2.24, 2.45) is 5.92 Å². The van der Waals surface area contributed by atoms with Crippen LogP contribution in [0.25, 0.3) is 10.2 Å². The monoisotopic (exact) mass is 429 g/mol. The molecule has 30 heavy (non-hydrogen) atoms. The molecule has 2 unspecified atom stereocenters. The van der Waals surface area contributed by atoms with E-state index in [1.165, 1.54) is 0 Å². The van der Waals surface area contributed by atoms with Crippen molar-refractivity contribution in [3.63, 3.8) is 0 Å². The van der Waals surface area contributed by atoms with Gasteiger partial charge in [-0.25, -0.2) is 0 Å². The highest BCUT2D eigenvalue weighted by Crippen LogP contribution is 2.35. The summed E-state index contributed by atoms with van der Waals surface area (Å²) >= 11 is 1.64. The molecule has 0 aromatic carbocycles. The molecule has 2 aliphatic heterocycles. The number of nitrogens with one attached hydrogen (secondary N) is 1. The molecule has 1 N–H and O–H groups in total. The van der Waals surface area contributed by atoms with Crippen molar-refractivity contribution < 1.29 is 14.3 Å². The fraction of sp³-hybridized carbons (Fsp3) is 0.652. The molecule has 1 aliphatic carbocycles. The Labute approximate surface area is 181 Å². The zero-order valence-corrected chi connectivity index (χ0v) is 18.7. The van der Waals surface area contributed by atoms with Crippen molar-refractivity contribution in [2.75, 3.05) is 13.2 Å². The minimum Gasteiger partial charge on any atom is -0.376 e. The molecular weight excluding hydrogens is 398 g/mol. The predicted molar refractivity (Wildman–Crippen MR) is 118 cm³/mol. The van der Waals surface area contributed by atoms with Gasteiger partial charge in [0.25, 0.3) is 5.91 Å². The lowest BCUT2D eigenvalue weighted by molar-refractivity contribution is -0.134. The first-order valence-corrected chi connectivity index (χ1v) is 12.1. The van der Waals surface area contributed by atoms with Gasteiger partial charge < -0.3 is 19.5 Å². The number of amides is 2. The van der Waals surface area contributed by atoms with Gasteiger partial charge in [0.2, 0.25) is 5.91 Å². The van der Waals surface area contributed by atoms with Crippen LogP contribution in [0, 0.1) is 5.92 Å². The molecule has 0 spiro atoms. The zero-order valence-electron chi connectivity index (χ0n) is 17.9. The summed E-state index contributed by atoms with van der Waals surface area (Å²) in [5, 5.41) is 5.35. The maximum atomic E-state index is 13.6. The Kier molecular flexibility index (Phi) is 5.14. The average Bonchev–Trinajstić information content (AvgIpc) is 3.45. The van der Waals surface area contributed by atoms with Crippen LogP contribution in [0.3, 0.4) is 0 Å². The molecule has 2 aromatic rings. The molecule has 2 amide bonds. The Balaban J connectivity index is 1.46. The van der Waals surface area contributed by atoms with E-state index in [9.17, 15) is 9.59 Å². The fourth-order valence-corrected chi connectivity index (χ4v) is 6.12. The van der Waals surface area contributed by atoms with E-state index in [1.807, 2.05) is 29.0 Å². The molecule has 2 fully saturated rings. The number of rotatable bonds is 4. The number of hydrogen-bond donors (Lipinski definition) is 1. The Hall–Kier alpha value is -1.86. The maximum Gasteiger partial charge on any atom is 0.271 e. The van der Waals surface area contributed by atoms with Gasteiger partial charge in [-0.3, -0.25) is 9.59 Å². The van der Waals surface area contributed by atoms with Gasteiger partial charge in [-0.2, -0.15) is 0 Å². The third-order valence-corrected chi connectivity index (χ3v) is 8.15. The van der Waals surface area contributed by atoms with Crippen molar-refractivity contribution in [2.45, 2.75) is 76.6 Å². The van der Waals surface area contributed by atoms with Crippen LogP contribution in [-0.2, 0) is 16.1 Å². The van der Waals surface area contributed by atoms with Crippen LogP contribution in [0.4, 0.5) is 0 Å². The molecule has 6 nitrogen and oxygen atoms in total. The number of thiophene rings is 1. The van der Waals surface area contributed by atoms with E-state index >= 15 is 0 Å². The van der Waals surface area contributed by atoms with Crippen LogP contribution in [0.5, 0.6) is 0 Å². The molecule has 5 rings (SSSR count). The van der Waals surface area contributed by atoms with Crippen molar-refractivity contribution in [3.8, 4) is 0 Å². The van der Waals surface area contributed by atoms with Crippen LogP contribution in [0.15, 0.2) is 17.5 Å². The summed E-state index contributed by atoms with van der Waals surface area (Å²) < 4.78 is 8.98. The van der Waals surface area contributed by atoms with E-state index in [2.05, 4.69) is 12.2 Å². The quantitative estimate of drug-likeness (QED) is 0.804. The first-order chi connectivity index (χ1) is 14.5. The van der Waals surface area contributed by atoms with Crippen molar-refractivity contribution in [3.05, 3.63) is 23.2 Å². The summed E-state index contributed by atoms with van der Waals surface area (Å²) in [5.74, 6) is 0.640. The normalized spacial score (nSPS) is 31.9. The number of carbonyl (C=O) groups is 2. The topological polar surface area (TPSA) is 63.6 Å². The minimum atomic E-state index is -0.924. The van der Waals surface area contributed by atoms with Gasteiger partial charge in [0.15, 0.2) is 0 Å². The van der Waals surface area contributed by atoms with Gasteiger partial charge in [0, 0.05) is 19.2 Å². The van der Waals surface area contributed by atoms with Gasteiger partial charge in [-0.1, -0.05) is 6.92 Å². The van der Waals surface area contributed by atoms with Crippen LogP contribution in [0.1, 0.15) is 62.9 Å². The molecule has 0 bridgehead atoms. The minimum absolute atomic E-state index is 0.0132. The Morgan fingerprint density at radius 3 is 2.83 bits per heavy atom. The first-order valence-electron chi connectivity index (χ1n) is 11.3. The van der Waals surface area contributed by atoms with E-state index in [-0.39, 0.29) is 24.0 Å². The van der Waals surface area contributed by atoms with E-state index in [0.29, 0.717) is 18.8 Å². The number of nitrogens with zero attached hydrogens (tertiary/aromatic N) is 2. The molecule has 0 radical (unpaired) electrons. The number of carbonyl (C=O) groups excluding carboxylic acids is 2. The van der Waals surface area contributed by atoms with E-state index in [1.54, 1.807) is 16.2 Å². The number of aromatic nitrogens is 1. The maximum absolute atomic E-state index is 13.6. The largest absolute Gasteiger partial charge is 0.376 e. The van der Waals surface area contributed by atoms with Crippen LogP contribution in [-0.4, -0.2) is 52.1 Å². The third-order valence-electron chi connectivity index (χ3n) is 7.30. The smallest absolute Gasteiger partial charge is 0.271 e. The summed E-state index contributed by atoms with van der Waals surface area (Å²) in [6.07, 6.45) is 6.31. The third kappa shape index (κ3) is 3.36. The second-order valence-corrected chi connectivity index (χ2v) is 10.5. The molecule has 3 aliphatic rings. The lowest BCUT2D eigenvalue weighted by Gasteiger charge is -2.45. The van der Waals surface area contributed by atoms with Gasteiger partial charge in [-0.05, 0) is 68.9 Å². The fourth-order valence-electron chi connectivity index (χ4n) is 5.30. The van der Waals surface area contributed by atoms with E-state index in [0.717, 1.165) is 61.3 Å². The van der Waals surface area contributed by atoms with Crippen molar-refractivity contribution >= 4 is 33.4 Å². The highest BCUT2D eigenvalue weighted by atomic mass is 32.1. The van der Waals surface area contributed by atoms with Gasteiger partial charge >= 0.3 is 0 Å². The Morgan fingerprint density at radius 1 is 1.30 bits per heavy atom. The standard InChI is InChI=1S/C23H31N3O3S/c1-15-5-7-16(8-6-15)24-22(28)23(2)14-25-18-9-11-30-20(18)12-19(25)21(27)26(23)13-17-4-3-10-29-17/h9,11-12,15-17H,3-8,10,13-14H2,1-2H3,(H,24,28). The zero-order chi connectivity index (χ0) is 20.9. The lowest BCUT2D eigenvalue weighted by atomic mass is 9.86. The summed E-state index contributed by atoms with van der Waals surface area (Å²) in [4.78, 5) is 29.0. The highest BCUT2D eigenvalue weighted by Gasteiger charge is 2.49. The molecule has 2 atom stereocenters. The molecular formula is C23H31N3O3S. The second kappa shape index (κ2) is 7.68. The molecule has 1 saturated carbocycles. The second-order valence-electron chi connectivity index (χ2n) is 9.54. The van der Waals surface area contributed by atoms with Gasteiger partial charge in [0.1, 0.15) is 11.2 Å². The SMILES string of the molecule is CC1CCC(NC(=O)C2(C)Cn3c(cc4sccc43)C(=O)N2CC2CCCO2)CC1. The summed E-state index contributed by atoms with van der Waals surface area (Å²) in [6, 6.07) is 4.23. The number of ether oxygens (including phenoxy) is 1. The first kappa shape index (κ1) is 20.1. The Morgan fingerprint density at radius 2 is 2.10 bits per heavy atom. The summed E-state index contributed by atoms with van der Waals surface area (Å²) in [6.45, 7) is 5.91. The van der Waals surface area contributed by atoms with Gasteiger partial charge in [0.05, 0.1) is 22.9 Å². The van der Waals surface area contributed by atoms with E-state index in [4.69, 9.17) is 4.74 Å². The molecule has 7 heteroatoms. The molecule has 162 valence electrons. The molecule has 1 saturated heterocycles. The average molecular weight is 430 g/mol. The van der Waals surface area contributed by atoms with Crippen molar-refractivity contribution in [1.82, 2.24) is 14.8 Å². The van der Waals surface area contributed by atoms with Gasteiger partial charge in [-0.15, -0.1) is 11.3 Å². The lowest BCUT2D eigenvalue weighted by Crippen LogP contribution is -2.66. The van der Waals surface area contributed by atoms with Crippen LogP contribution < -0.4 is 5.32 Å². The summed E-state index contributed by atoms with van der Waals surface area (Å²) in [5.41, 5.74) is 0.810. The van der Waals surface area contributed by atoms with E-state index < -0.39 is 5.54 Å². The molecule has 4 heterocycles. The summed E-state index contributed by atoms with van der Waals surface area (Å²) in [7, 11) is 0. The van der Waals surface area contributed by atoms with Crippen LogP contribution in [0.2, 0.25) is 0 Å². The van der Waals surface area contributed by atoms with Crippen LogP contribution >= 0.6 is 11.3 Å². The highest BCUT2D eigenvalue weighted by molar-refractivity contribution is 7.17. The Bertz CT molecular complexity index is 952.